The minimum absolute atomic E-state index is 0.699. The fraction of sp³-hybridized carbons (Fsp3) is 0. The molecule has 0 aliphatic heterocycles. The molecule has 2 heterocycles. The zero-order valence-corrected chi connectivity index (χ0v) is 36.1. The number of nitrogens with zero attached hydrogens (tertiary/aromatic N) is 2. The minimum Gasteiger partial charge on any atom is -0.228 e. The van der Waals surface area contributed by atoms with E-state index in [0.717, 1.165) is 33.5 Å². The van der Waals surface area contributed by atoms with Crippen LogP contribution in [0.1, 0.15) is 0 Å². The molecular formula is C62H38N2S. The van der Waals surface area contributed by atoms with Crippen LogP contribution < -0.4 is 0 Å². The Morgan fingerprint density at radius 2 is 0.862 bits per heavy atom. The summed E-state index contributed by atoms with van der Waals surface area (Å²) in [5, 5.41) is 12.4. The number of benzene rings is 11. The quantitative estimate of drug-likeness (QED) is 0.123. The smallest absolute Gasteiger partial charge is 0.160 e. The summed E-state index contributed by atoms with van der Waals surface area (Å²) in [6.07, 6.45) is 0. The van der Waals surface area contributed by atoms with Crippen molar-refractivity contribution in [3.8, 4) is 67.3 Å². The molecule has 3 heteroatoms. The van der Waals surface area contributed by atoms with Crippen LogP contribution >= 0.6 is 11.3 Å². The maximum absolute atomic E-state index is 5.35. The van der Waals surface area contributed by atoms with Crippen LogP contribution in [0.4, 0.5) is 0 Å². The molecule has 0 amide bonds. The fourth-order valence-corrected chi connectivity index (χ4v) is 11.4. The molecule has 65 heavy (non-hydrogen) atoms. The summed E-state index contributed by atoms with van der Waals surface area (Å²) in [6.45, 7) is 0. The summed E-state index contributed by atoms with van der Waals surface area (Å²) in [4.78, 5) is 10.6. The van der Waals surface area contributed by atoms with E-state index in [1.165, 1.54) is 91.3 Å². The molecule has 0 aliphatic rings. The Morgan fingerprint density at radius 1 is 0.292 bits per heavy atom. The summed E-state index contributed by atoms with van der Waals surface area (Å²) in [5.74, 6) is 0.699. The van der Waals surface area contributed by atoms with E-state index in [0.29, 0.717) is 5.82 Å². The topological polar surface area (TPSA) is 25.8 Å². The molecule has 13 rings (SSSR count). The predicted molar refractivity (Wildman–Crippen MR) is 278 cm³/mol. The highest BCUT2D eigenvalue weighted by atomic mass is 32.1. The van der Waals surface area contributed by atoms with E-state index in [2.05, 4.69) is 224 Å². The summed E-state index contributed by atoms with van der Waals surface area (Å²) < 4.78 is 2.62. The lowest BCUT2D eigenvalue weighted by molar-refractivity contribution is 1.18. The first-order valence-corrected chi connectivity index (χ1v) is 23.0. The van der Waals surface area contributed by atoms with Gasteiger partial charge in [-0.3, -0.25) is 0 Å². The molecule has 0 unspecified atom stereocenters. The third-order valence-corrected chi connectivity index (χ3v) is 14.3. The van der Waals surface area contributed by atoms with Gasteiger partial charge in [-0.1, -0.05) is 218 Å². The van der Waals surface area contributed by atoms with Crippen molar-refractivity contribution in [2.45, 2.75) is 0 Å². The molecule has 0 radical (unpaired) electrons. The lowest BCUT2D eigenvalue weighted by Gasteiger charge is -2.21. The maximum atomic E-state index is 5.35. The van der Waals surface area contributed by atoms with Gasteiger partial charge in [0.2, 0.25) is 0 Å². The highest BCUT2D eigenvalue weighted by molar-refractivity contribution is 7.26. The van der Waals surface area contributed by atoms with Crippen molar-refractivity contribution in [1.82, 2.24) is 9.97 Å². The van der Waals surface area contributed by atoms with Crippen LogP contribution in [0, 0.1) is 0 Å². The molecule has 0 saturated heterocycles. The van der Waals surface area contributed by atoms with E-state index in [1.807, 2.05) is 17.4 Å². The Kier molecular flexibility index (Phi) is 8.75. The molecule has 0 N–H and O–H groups in total. The van der Waals surface area contributed by atoms with Gasteiger partial charge in [0.05, 0.1) is 11.4 Å². The zero-order chi connectivity index (χ0) is 42.8. The van der Waals surface area contributed by atoms with Crippen molar-refractivity contribution in [3.05, 3.63) is 231 Å². The van der Waals surface area contributed by atoms with Gasteiger partial charge >= 0.3 is 0 Å². The second kappa shape index (κ2) is 15.2. The SMILES string of the molecule is c1ccc(-c2nc(-c3ccc(-c4cccc5c4sc4ccccc45)cc3)cc(-c3ccc(-c4c5ccccc5c(-c5ccccc5)c5ccc6ccccc6c45)c4ccccc34)n2)cc1. The lowest BCUT2D eigenvalue weighted by Crippen LogP contribution is -1.97. The first-order chi connectivity index (χ1) is 32.2. The van der Waals surface area contributed by atoms with Crippen molar-refractivity contribution < 1.29 is 0 Å². The highest BCUT2D eigenvalue weighted by Gasteiger charge is 2.22. The Morgan fingerprint density at radius 3 is 1.63 bits per heavy atom. The molecule has 13 aromatic rings. The van der Waals surface area contributed by atoms with Gasteiger partial charge in [0.15, 0.2) is 5.82 Å². The Labute approximate surface area is 380 Å². The molecular weight excluding hydrogens is 805 g/mol. The molecule has 0 spiro atoms. The predicted octanol–water partition coefficient (Wildman–Crippen LogP) is 17.5. The number of fused-ring (bicyclic) bond motifs is 8. The van der Waals surface area contributed by atoms with Gasteiger partial charge in [0.1, 0.15) is 0 Å². The van der Waals surface area contributed by atoms with Gasteiger partial charge in [-0.25, -0.2) is 9.97 Å². The Bertz CT molecular complexity index is 3980. The number of aromatic nitrogens is 2. The molecule has 11 aromatic carbocycles. The maximum Gasteiger partial charge on any atom is 0.160 e. The van der Waals surface area contributed by atoms with Crippen LogP contribution in [0.2, 0.25) is 0 Å². The summed E-state index contributed by atoms with van der Waals surface area (Å²) in [5.41, 5.74) is 12.2. The Hall–Kier alpha value is -8.24. The van der Waals surface area contributed by atoms with Crippen LogP contribution in [0.5, 0.6) is 0 Å². The van der Waals surface area contributed by atoms with Gasteiger partial charge in [-0.2, -0.15) is 0 Å². The van der Waals surface area contributed by atoms with Crippen LogP contribution in [-0.2, 0) is 0 Å². The molecule has 2 aromatic heterocycles. The standard InChI is InChI=1S/C62H38N2S/c1-3-17-42(18-4-1)58-50-25-11-12-26-51(50)60(59-44-21-8-7-16-39(44)34-35-54(58)59)52-37-36-48(46-22-9-10-23-47(46)52)56-38-55(63-62(64-56)43-19-5-2-6-20-43)41-32-30-40(31-33-41)45-27-15-28-53-49-24-13-14-29-57(49)65-61(45)53/h1-38H. The van der Waals surface area contributed by atoms with Crippen molar-refractivity contribution in [2.75, 3.05) is 0 Å². The van der Waals surface area contributed by atoms with Gasteiger partial charge in [0.25, 0.3) is 0 Å². The molecule has 0 saturated carbocycles. The van der Waals surface area contributed by atoms with E-state index in [4.69, 9.17) is 9.97 Å². The average Bonchev–Trinajstić information content (AvgIpc) is 3.77. The third kappa shape index (κ3) is 6.16. The van der Waals surface area contributed by atoms with Crippen molar-refractivity contribution in [2.24, 2.45) is 0 Å². The third-order valence-electron chi connectivity index (χ3n) is 13.1. The number of rotatable bonds is 6. The van der Waals surface area contributed by atoms with Gasteiger partial charge in [-0.15, -0.1) is 11.3 Å². The lowest BCUT2D eigenvalue weighted by atomic mass is 9.82. The first-order valence-electron chi connectivity index (χ1n) is 22.1. The largest absolute Gasteiger partial charge is 0.228 e. The highest BCUT2D eigenvalue weighted by Crippen LogP contribution is 2.49. The first kappa shape index (κ1) is 37.3. The zero-order valence-electron chi connectivity index (χ0n) is 35.2. The second-order valence-corrected chi connectivity index (χ2v) is 17.8. The molecule has 0 fully saturated rings. The van der Waals surface area contributed by atoms with Crippen LogP contribution in [0.3, 0.4) is 0 Å². The second-order valence-electron chi connectivity index (χ2n) is 16.8. The van der Waals surface area contributed by atoms with E-state index in [1.54, 1.807) is 0 Å². The van der Waals surface area contributed by atoms with Crippen LogP contribution in [0.15, 0.2) is 231 Å². The fourth-order valence-electron chi connectivity index (χ4n) is 10.1. The van der Waals surface area contributed by atoms with E-state index in [-0.39, 0.29) is 0 Å². The van der Waals surface area contributed by atoms with Crippen LogP contribution in [-0.4, -0.2) is 9.97 Å². The summed E-state index contributed by atoms with van der Waals surface area (Å²) in [7, 11) is 0. The van der Waals surface area contributed by atoms with Gasteiger partial charge in [0, 0.05) is 36.9 Å². The monoisotopic (exact) mass is 842 g/mol. The van der Waals surface area contributed by atoms with E-state index < -0.39 is 0 Å². The molecule has 302 valence electrons. The number of hydrogen-bond acceptors (Lipinski definition) is 3. The Balaban J connectivity index is 1.01. The number of hydrogen-bond donors (Lipinski definition) is 0. The average molecular weight is 843 g/mol. The van der Waals surface area contributed by atoms with Gasteiger partial charge < -0.3 is 0 Å². The van der Waals surface area contributed by atoms with Crippen molar-refractivity contribution >= 4 is 74.6 Å². The number of thiophene rings is 1. The molecule has 0 bridgehead atoms. The van der Waals surface area contributed by atoms with E-state index >= 15 is 0 Å². The molecule has 2 nitrogen and oxygen atoms in total. The summed E-state index contributed by atoms with van der Waals surface area (Å²) in [6, 6.07) is 83.4. The summed E-state index contributed by atoms with van der Waals surface area (Å²) >= 11 is 1.86. The molecule has 0 atom stereocenters. The van der Waals surface area contributed by atoms with Crippen LogP contribution in [0.25, 0.3) is 131 Å². The van der Waals surface area contributed by atoms with Crippen molar-refractivity contribution in [1.29, 1.82) is 0 Å². The normalized spacial score (nSPS) is 11.7. The van der Waals surface area contributed by atoms with E-state index in [9.17, 15) is 0 Å². The van der Waals surface area contributed by atoms with Gasteiger partial charge in [-0.05, 0) is 88.6 Å². The minimum atomic E-state index is 0.699. The molecule has 0 aliphatic carbocycles. The van der Waals surface area contributed by atoms with Crippen molar-refractivity contribution in [3.63, 3.8) is 0 Å².